The molecule has 1 heterocycles. The van der Waals surface area contributed by atoms with E-state index in [2.05, 4.69) is 15.5 Å². The number of carbonyl (C=O) groups is 1. The number of hydrogen-bond acceptors (Lipinski definition) is 4. The molecule has 1 N–H and O–H groups in total. The maximum absolute atomic E-state index is 12.3. The molecule has 0 radical (unpaired) electrons. The van der Waals surface area contributed by atoms with Gasteiger partial charge in [0.2, 0.25) is 17.6 Å². The van der Waals surface area contributed by atoms with Crippen molar-refractivity contribution < 1.29 is 9.32 Å². The number of nitrogens with zero attached hydrogens (tertiary/aromatic N) is 2. The van der Waals surface area contributed by atoms with Crippen LogP contribution in [0, 0.1) is 5.92 Å². The molecule has 3 rings (SSSR count). The lowest BCUT2D eigenvalue weighted by molar-refractivity contribution is -0.126. The van der Waals surface area contributed by atoms with Crippen molar-refractivity contribution in [1.29, 1.82) is 0 Å². The van der Waals surface area contributed by atoms with Crippen molar-refractivity contribution in [2.24, 2.45) is 5.92 Å². The molecule has 0 aliphatic heterocycles. The topological polar surface area (TPSA) is 68.0 Å². The third kappa shape index (κ3) is 3.91. The standard InChI is InChI=1S/C17H20ClN3O2/c1-11(19-16(22)13-5-3-2-4-6-13)17-20-15(21-23-17)12-7-9-14(18)10-8-12/h7-11,13H,2-6H2,1H3,(H,19,22). The zero-order valence-electron chi connectivity index (χ0n) is 13.1. The van der Waals surface area contributed by atoms with Crippen LogP contribution in [0.3, 0.4) is 0 Å². The monoisotopic (exact) mass is 333 g/mol. The van der Waals surface area contributed by atoms with E-state index in [9.17, 15) is 4.79 Å². The van der Waals surface area contributed by atoms with Crippen LogP contribution in [0.5, 0.6) is 0 Å². The fourth-order valence-electron chi connectivity index (χ4n) is 2.89. The van der Waals surface area contributed by atoms with Crippen LogP contribution in [-0.2, 0) is 4.79 Å². The highest BCUT2D eigenvalue weighted by molar-refractivity contribution is 6.30. The van der Waals surface area contributed by atoms with E-state index in [1.54, 1.807) is 12.1 Å². The summed E-state index contributed by atoms with van der Waals surface area (Å²) < 4.78 is 5.29. The molecule has 1 aromatic heterocycles. The van der Waals surface area contributed by atoms with Crippen molar-refractivity contribution >= 4 is 17.5 Å². The number of benzene rings is 1. The number of amides is 1. The third-order valence-corrected chi connectivity index (χ3v) is 4.50. The number of hydrogen-bond donors (Lipinski definition) is 1. The van der Waals surface area contributed by atoms with Crippen molar-refractivity contribution in [3.05, 3.63) is 35.2 Å². The van der Waals surface area contributed by atoms with Gasteiger partial charge in [0.15, 0.2) is 0 Å². The first-order chi connectivity index (χ1) is 11.1. The summed E-state index contributed by atoms with van der Waals surface area (Å²) in [6, 6.07) is 6.94. The van der Waals surface area contributed by atoms with Gasteiger partial charge in [-0.1, -0.05) is 36.0 Å². The number of carbonyl (C=O) groups excluding carboxylic acids is 1. The molecule has 0 bridgehead atoms. The highest BCUT2D eigenvalue weighted by Gasteiger charge is 2.24. The number of nitrogens with one attached hydrogen (secondary N) is 1. The molecule has 23 heavy (non-hydrogen) atoms. The molecule has 1 saturated carbocycles. The number of aromatic nitrogens is 2. The second kappa shape index (κ2) is 7.13. The van der Waals surface area contributed by atoms with Crippen molar-refractivity contribution in [2.45, 2.75) is 45.1 Å². The molecule has 0 spiro atoms. The average Bonchev–Trinajstić information content (AvgIpc) is 3.06. The van der Waals surface area contributed by atoms with Crippen LogP contribution in [0.2, 0.25) is 5.02 Å². The molecule has 122 valence electrons. The summed E-state index contributed by atoms with van der Waals surface area (Å²) in [6.07, 6.45) is 5.44. The normalized spacial score (nSPS) is 17.0. The van der Waals surface area contributed by atoms with Gasteiger partial charge in [0, 0.05) is 16.5 Å². The van der Waals surface area contributed by atoms with E-state index < -0.39 is 0 Å². The zero-order chi connectivity index (χ0) is 16.2. The molecule has 1 aliphatic rings. The van der Waals surface area contributed by atoms with Crippen molar-refractivity contribution in [3.8, 4) is 11.4 Å². The predicted octanol–water partition coefficient (Wildman–Crippen LogP) is 4.15. The van der Waals surface area contributed by atoms with Gasteiger partial charge in [0.1, 0.15) is 6.04 Å². The van der Waals surface area contributed by atoms with Gasteiger partial charge in [-0.3, -0.25) is 4.79 Å². The van der Waals surface area contributed by atoms with Crippen LogP contribution in [0.25, 0.3) is 11.4 Å². The third-order valence-electron chi connectivity index (χ3n) is 4.25. The Bertz CT molecular complexity index is 663. The SMILES string of the molecule is CC(NC(=O)C1CCCCC1)c1nc(-c2ccc(Cl)cc2)no1. The summed E-state index contributed by atoms with van der Waals surface area (Å²) in [7, 11) is 0. The fourth-order valence-corrected chi connectivity index (χ4v) is 3.01. The molecule has 1 amide bonds. The Labute approximate surface area is 140 Å². The summed E-state index contributed by atoms with van der Waals surface area (Å²) in [5.74, 6) is 1.11. The molecule has 2 aromatic rings. The quantitative estimate of drug-likeness (QED) is 0.912. The van der Waals surface area contributed by atoms with Crippen LogP contribution in [0.4, 0.5) is 0 Å². The van der Waals surface area contributed by atoms with Crippen LogP contribution < -0.4 is 5.32 Å². The van der Waals surface area contributed by atoms with Crippen molar-refractivity contribution in [1.82, 2.24) is 15.5 Å². The van der Waals surface area contributed by atoms with Gasteiger partial charge in [0.05, 0.1) is 0 Å². The van der Waals surface area contributed by atoms with Crippen molar-refractivity contribution in [2.75, 3.05) is 0 Å². The highest BCUT2D eigenvalue weighted by Crippen LogP contribution is 2.25. The minimum atomic E-state index is -0.294. The molecule has 5 nitrogen and oxygen atoms in total. The molecular formula is C17H20ClN3O2. The Morgan fingerprint density at radius 1 is 1.26 bits per heavy atom. The maximum atomic E-state index is 12.3. The first-order valence-electron chi connectivity index (χ1n) is 8.03. The van der Waals surface area contributed by atoms with Gasteiger partial charge in [-0.2, -0.15) is 4.98 Å². The summed E-state index contributed by atoms with van der Waals surface area (Å²) in [6.45, 7) is 1.86. The summed E-state index contributed by atoms with van der Waals surface area (Å²) in [5, 5.41) is 7.62. The van der Waals surface area contributed by atoms with E-state index in [4.69, 9.17) is 16.1 Å². The molecule has 1 unspecified atom stereocenters. The second-order valence-corrected chi connectivity index (χ2v) is 6.46. The Kier molecular flexibility index (Phi) is 4.96. The Balaban J connectivity index is 1.64. The second-order valence-electron chi connectivity index (χ2n) is 6.03. The van der Waals surface area contributed by atoms with Gasteiger partial charge in [-0.05, 0) is 44.0 Å². The summed E-state index contributed by atoms with van der Waals surface area (Å²) in [4.78, 5) is 16.7. The van der Waals surface area contributed by atoms with E-state index in [0.717, 1.165) is 31.2 Å². The molecule has 1 atom stereocenters. The predicted molar refractivity (Wildman–Crippen MR) is 87.9 cm³/mol. The Morgan fingerprint density at radius 2 is 1.96 bits per heavy atom. The largest absolute Gasteiger partial charge is 0.344 e. The van der Waals surface area contributed by atoms with Crippen LogP contribution in [0.1, 0.15) is 51.0 Å². The number of rotatable bonds is 4. The summed E-state index contributed by atoms with van der Waals surface area (Å²) >= 11 is 5.87. The lowest BCUT2D eigenvalue weighted by Crippen LogP contribution is -2.33. The Hall–Kier alpha value is -1.88. The van der Waals surface area contributed by atoms with Crippen molar-refractivity contribution in [3.63, 3.8) is 0 Å². The highest BCUT2D eigenvalue weighted by atomic mass is 35.5. The van der Waals surface area contributed by atoms with Gasteiger partial charge in [-0.15, -0.1) is 0 Å². The molecule has 1 aliphatic carbocycles. The smallest absolute Gasteiger partial charge is 0.249 e. The molecule has 1 aromatic carbocycles. The number of halogens is 1. The first kappa shape index (κ1) is 16.0. The minimum Gasteiger partial charge on any atom is -0.344 e. The van der Waals surface area contributed by atoms with E-state index in [1.165, 1.54) is 6.42 Å². The fraction of sp³-hybridized carbons (Fsp3) is 0.471. The van der Waals surface area contributed by atoms with Gasteiger partial charge < -0.3 is 9.84 Å². The van der Waals surface area contributed by atoms with Crippen LogP contribution >= 0.6 is 11.6 Å². The maximum Gasteiger partial charge on any atom is 0.249 e. The van der Waals surface area contributed by atoms with Gasteiger partial charge >= 0.3 is 0 Å². The zero-order valence-corrected chi connectivity index (χ0v) is 13.8. The Morgan fingerprint density at radius 3 is 2.65 bits per heavy atom. The van der Waals surface area contributed by atoms with Gasteiger partial charge in [-0.25, -0.2) is 0 Å². The lowest BCUT2D eigenvalue weighted by Gasteiger charge is -2.22. The molecule has 6 heteroatoms. The van der Waals surface area contributed by atoms with E-state index in [-0.39, 0.29) is 17.9 Å². The van der Waals surface area contributed by atoms with E-state index in [1.807, 2.05) is 19.1 Å². The molecule has 1 fully saturated rings. The first-order valence-corrected chi connectivity index (χ1v) is 8.41. The van der Waals surface area contributed by atoms with E-state index in [0.29, 0.717) is 16.7 Å². The average molecular weight is 334 g/mol. The molecular weight excluding hydrogens is 314 g/mol. The summed E-state index contributed by atoms with van der Waals surface area (Å²) in [5.41, 5.74) is 0.829. The lowest BCUT2D eigenvalue weighted by atomic mass is 9.88. The van der Waals surface area contributed by atoms with Gasteiger partial charge in [0.25, 0.3) is 0 Å². The van der Waals surface area contributed by atoms with Crippen LogP contribution in [-0.4, -0.2) is 16.0 Å². The van der Waals surface area contributed by atoms with E-state index >= 15 is 0 Å². The minimum absolute atomic E-state index is 0.0865. The van der Waals surface area contributed by atoms with Crippen LogP contribution in [0.15, 0.2) is 28.8 Å². The molecule has 0 saturated heterocycles.